The van der Waals surface area contributed by atoms with E-state index in [1.807, 2.05) is 60.7 Å². The van der Waals surface area contributed by atoms with Crippen LogP contribution in [0.5, 0.6) is 0 Å². The van der Waals surface area contributed by atoms with E-state index in [1.54, 1.807) is 24.3 Å². The van der Waals surface area contributed by atoms with Crippen LogP contribution in [-0.2, 0) is 0 Å². The zero-order chi connectivity index (χ0) is 15.6. The number of rotatable bonds is 4. The largest absolute Gasteiger partial charge is 0.192 e. The lowest BCUT2D eigenvalue weighted by molar-refractivity contribution is 1.48. The summed E-state index contributed by atoms with van der Waals surface area (Å²) in [6, 6.07) is 19.0. The molecule has 0 saturated heterocycles. The Hall–Kier alpha value is -3.36. The summed E-state index contributed by atoms with van der Waals surface area (Å²) in [5.41, 5.74) is 3.44. The van der Waals surface area contributed by atoms with Crippen LogP contribution in [0.3, 0.4) is 0 Å². The summed E-state index contributed by atoms with van der Waals surface area (Å²) in [6.07, 6.45) is 11.7. The molecule has 0 aliphatic rings. The molecule has 0 unspecified atom stereocenters. The van der Waals surface area contributed by atoms with Gasteiger partial charge in [-0.1, -0.05) is 60.7 Å². The van der Waals surface area contributed by atoms with Gasteiger partial charge in [-0.2, -0.15) is 10.5 Å². The predicted octanol–water partition coefficient (Wildman–Crippen LogP) is 4.71. The summed E-state index contributed by atoms with van der Waals surface area (Å²) >= 11 is 0. The van der Waals surface area contributed by atoms with Crippen molar-refractivity contribution in [1.82, 2.24) is 0 Å². The van der Waals surface area contributed by atoms with Crippen molar-refractivity contribution in [2.45, 2.75) is 0 Å². The van der Waals surface area contributed by atoms with E-state index < -0.39 is 0 Å². The fraction of sp³-hybridized carbons (Fsp3) is 0. The smallest absolute Gasteiger partial charge is 0.0991 e. The minimum absolute atomic E-state index is 0.665. The lowest BCUT2D eigenvalue weighted by Gasteiger charge is -1.92. The van der Waals surface area contributed by atoms with Gasteiger partial charge in [0.25, 0.3) is 0 Å². The van der Waals surface area contributed by atoms with Crippen molar-refractivity contribution in [3.05, 3.63) is 95.1 Å². The van der Waals surface area contributed by atoms with Crippen molar-refractivity contribution >= 4 is 12.2 Å². The SMILES string of the molecule is N#Cc1ccc(\C=C/C=C/C=C/c2ccc(C#N)cc2)cc1. The van der Waals surface area contributed by atoms with Gasteiger partial charge in [-0.25, -0.2) is 0 Å². The molecule has 0 bridgehead atoms. The molecule has 22 heavy (non-hydrogen) atoms. The molecule has 0 heterocycles. The van der Waals surface area contributed by atoms with Crippen LogP contribution >= 0.6 is 0 Å². The fourth-order valence-corrected chi connectivity index (χ4v) is 1.80. The molecule has 0 radical (unpaired) electrons. The number of hydrogen-bond acceptors (Lipinski definition) is 2. The van der Waals surface area contributed by atoms with E-state index in [2.05, 4.69) is 12.1 Å². The maximum absolute atomic E-state index is 8.72. The highest BCUT2D eigenvalue weighted by Gasteiger charge is 1.89. The van der Waals surface area contributed by atoms with E-state index in [0.717, 1.165) is 11.1 Å². The number of allylic oxidation sites excluding steroid dienone is 4. The first kappa shape index (κ1) is 15.0. The zero-order valence-electron chi connectivity index (χ0n) is 12.0. The molecule has 2 rings (SSSR count). The molecule has 0 saturated carbocycles. The molecule has 104 valence electrons. The molecule has 0 atom stereocenters. The average molecular weight is 282 g/mol. The van der Waals surface area contributed by atoms with Gasteiger partial charge in [0.1, 0.15) is 0 Å². The van der Waals surface area contributed by atoms with Gasteiger partial charge in [0.2, 0.25) is 0 Å². The number of nitrogens with zero attached hydrogens (tertiary/aromatic N) is 2. The highest BCUT2D eigenvalue weighted by Crippen LogP contribution is 2.06. The van der Waals surface area contributed by atoms with Gasteiger partial charge in [-0.15, -0.1) is 0 Å². The van der Waals surface area contributed by atoms with Crippen LogP contribution in [0.25, 0.3) is 12.2 Å². The first-order chi connectivity index (χ1) is 10.8. The van der Waals surface area contributed by atoms with Gasteiger partial charge in [0, 0.05) is 0 Å². The molecule has 0 spiro atoms. The monoisotopic (exact) mass is 282 g/mol. The van der Waals surface area contributed by atoms with Crippen molar-refractivity contribution in [2.24, 2.45) is 0 Å². The van der Waals surface area contributed by atoms with E-state index in [4.69, 9.17) is 10.5 Å². The Labute approximate surface area is 130 Å². The van der Waals surface area contributed by atoms with Crippen molar-refractivity contribution in [2.75, 3.05) is 0 Å². The van der Waals surface area contributed by atoms with Crippen molar-refractivity contribution in [3.63, 3.8) is 0 Å². The quantitative estimate of drug-likeness (QED) is 0.762. The normalized spacial score (nSPS) is 11.0. The van der Waals surface area contributed by atoms with Crippen LogP contribution in [0, 0.1) is 22.7 Å². The highest BCUT2D eigenvalue weighted by molar-refractivity contribution is 5.54. The average Bonchev–Trinajstić information content (AvgIpc) is 2.59. The third kappa shape index (κ3) is 4.63. The van der Waals surface area contributed by atoms with E-state index in [0.29, 0.717) is 11.1 Å². The molecular formula is C20H14N2. The number of hydrogen-bond donors (Lipinski definition) is 0. The topological polar surface area (TPSA) is 47.6 Å². The minimum atomic E-state index is 0.665. The Bertz CT molecular complexity index is 708. The van der Waals surface area contributed by atoms with E-state index in [1.165, 1.54) is 0 Å². The second-order valence-electron chi connectivity index (χ2n) is 4.57. The van der Waals surface area contributed by atoms with Gasteiger partial charge in [-0.05, 0) is 35.4 Å². The minimum Gasteiger partial charge on any atom is -0.192 e. The van der Waals surface area contributed by atoms with Gasteiger partial charge < -0.3 is 0 Å². The summed E-state index contributed by atoms with van der Waals surface area (Å²) in [5, 5.41) is 17.4. The van der Waals surface area contributed by atoms with Crippen LogP contribution in [0.4, 0.5) is 0 Å². The first-order valence-corrected chi connectivity index (χ1v) is 6.83. The first-order valence-electron chi connectivity index (χ1n) is 6.83. The summed E-state index contributed by atoms with van der Waals surface area (Å²) in [7, 11) is 0. The van der Waals surface area contributed by atoms with Crippen LogP contribution in [0.2, 0.25) is 0 Å². The second-order valence-corrected chi connectivity index (χ2v) is 4.57. The van der Waals surface area contributed by atoms with Crippen LogP contribution in [-0.4, -0.2) is 0 Å². The Morgan fingerprint density at radius 3 is 1.23 bits per heavy atom. The number of benzene rings is 2. The maximum atomic E-state index is 8.72. The highest BCUT2D eigenvalue weighted by atomic mass is 14.2. The van der Waals surface area contributed by atoms with Crippen LogP contribution in [0.15, 0.2) is 72.8 Å². The van der Waals surface area contributed by atoms with E-state index in [9.17, 15) is 0 Å². The van der Waals surface area contributed by atoms with Gasteiger partial charge in [0.15, 0.2) is 0 Å². The third-order valence-electron chi connectivity index (χ3n) is 2.99. The summed E-state index contributed by atoms with van der Waals surface area (Å²) < 4.78 is 0. The summed E-state index contributed by atoms with van der Waals surface area (Å²) in [6.45, 7) is 0. The molecule has 2 aromatic rings. The molecule has 2 aromatic carbocycles. The van der Waals surface area contributed by atoms with Crippen LogP contribution < -0.4 is 0 Å². The number of nitriles is 2. The summed E-state index contributed by atoms with van der Waals surface area (Å²) in [5.74, 6) is 0. The molecule has 0 aromatic heterocycles. The van der Waals surface area contributed by atoms with Crippen molar-refractivity contribution in [1.29, 1.82) is 10.5 Å². The summed E-state index contributed by atoms with van der Waals surface area (Å²) in [4.78, 5) is 0. The molecule has 0 aliphatic heterocycles. The molecule has 0 N–H and O–H groups in total. The lowest BCUT2D eigenvalue weighted by atomic mass is 10.1. The van der Waals surface area contributed by atoms with Gasteiger partial charge >= 0.3 is 0 Å². The Kier molecular flexibility index (Phi) is 5.50. The third-order valence-corrected chi connectivity index (χ3v) is 2.99. The van der Waals surface area contributed by atoms with Crippen molar-refractivity contribution in [3.8, 4) is 12.1 Å². The Morgan fingerprint density at radius 1 is 0.545 bits per heavy atom. The van der Waals surface area contributed by atoms with Gasteiger partial charge in [-0.3, -0.25) is 0 Å². The zero-order valence-corrected chi connectivity index (χ0v) is 12.0. The predicted molar refractivity (Wildman–Crippen MR) is 89.5 cm³/mol. The van der Waals surface area contributed by atoms with Crippen LogP contribution in [0.1, 0.15) is 22.3 Å². The van der Waals surface area contributed by atoms with E-state index in [-0.39, 0.29) is 0 Å². The molecule has 0 fully saturated rings. The molecule has 0 amide bonds. The van der Waals surface area contributed by atoms with Gasteiger partial charge in [0.05, 0.1) is 23.3 Å². The standard InChI is InChI=1S/C20H14N2/c21-15-19-11-7-17(8-12-19)5-3-1-2-4-6-18-9-13-20(16-22)14-10-18/h1-14H/b2-1+,5-3-,6-4+. The molecule has 0 aliphatic carbocycles. The second kappa shape index (κ2) is 8.04. The molecular weight excluding hydrogens is 268 g/mol. The molecule has 2 heteroatoms. The Balaban J connectivity index is 1.89. The fourth-order valence-electron chi connectivity index (χ4n) is 1.80. The Morgan fingerprint density at radius 2 is 0.909 bits per heavy atom. The lowest BCUT2D eigenvalue weighted by Crippen LogP contribution is -1.74. The maximum Gasteiger partial charge on any atom is 0.0991 e. The van der Waals surface area contributed by atoms with E-state index >= 15 is 0 Å². The van der Waals surface area contributed by atoms with Crippen molar-refractivity contribution < 1.29 is 0 Å². The molecule has 2 nitrogen and oxygen atoms in total.